The first-order chi connectivity index (χ1) is 5.59. The Labute approximate surface area is 74.0 Å². The van der Waals surface area contributed by atoms with Crippen molar-refractivity contribution < 1.29 is 10.2 Å². The molecule has 72 valence electrons. The fraction of sp³-hybridized carbons (Fsp3) is 1.00. The summed E-state index contributed by atoms with van der Waals surface area (Å²) in [4.78, 5) is 2.13. The second-order valence-corrected chi connectivity index (χ2v) is 3.96. The molecular weight excluding hydrogens is 154 g/mol. The maximum atomic E-state index is 9.64. The minimum Gasteiger partial charge on any atom is -0.393 e. The fourth-order valence-corrected chi connectivity index (χ4v) is 1.85. The van der Waals surface area contributed by atoms with E-state index >= 15 is 0 Å². The van der Waals surface area contributed by atoms with Crippen molar-refractivity contribution in [2.45, 2.75) is 32.0 Å². The van der Waals surface area contributed by atoms with Crippen LogP contribution in [0, 0.1) is 5.92 Å². The molecular formula is C9H19NO2. The Morgan fingerprint density at radius 2 is 2.25 bits per heavy atom. The summed E-state index contributed by atoms with van der Waals surface area (Å²) in [6.07, 6.45) is 1.20. The molecule has 0 amide bonds. The van der Waals surface area contributed by atoms with Crippen molar-refractivity contribution in [1.82, 2.24) is 4.90 Å². The Balaban J connectivity index is 2.34. The zero-order chi connectivity index (χ0) is 9.14. The summed E-state index contributed by atoms with van der Waals surface area (Å²) in [6.45, 7) is 3.57. The van der Waals surface area contributed by atoms with Crippen LogP contribution in [0.15, 0.2) is 0 Å². The molecule has 0 spiro atoms. The lowest BCUT2D eigenvalue weighted by atomic mass is 9.89. The van der Waals surface area contributed by atoms with Gasteiger partial charge in [0, 0.05) is 6.54 Å². The number of likely N-dealkylation sites (N-methyl/N-ethyl adjacent to an activating group) is 1. The topological polar surface area (TPSA) is 43.7 Å². The van der Waals surface area contributed by atoms with Crippen LogP contribution in [0.1, 0.15) is 19.8 Å². The molecule has 1 rings (SSSR count). The first kappa shape index (κ1) is 9.96. The average molecular weight is 173 g/mol. The lowest BCUT2D eigenvalue weighted by molar-refractivity contribution is 0.00987. The summed E-state index contributed by atoms with van der Waals surface area (Å²) in [5, 5.41) is 18.8. The third kappa shape index (κ3) is 2.73. The number of hydrogen-bond acceptors (Lipinski definition) is 3. The van der Waals surface area contributed by atoms with E-state index in [1.54, 1.807) is 6.92 Å². The monoisotopic (exact) mass is 173 g/mol. The summed E-state index contributed by atoms with van der Waals surface area (Å²) in [6, 6.07) is 0. The molecule has 0 aromatic carbocycles. The summed E-state index contributed by atoms with van der Waals surface area (Å²) >= 11 is 0. The molecule has 0 saturated carbocycles. The maximum absolute atomic E-state index is 9.64. The zero-order valence-electron chi connectivity index (χ0n) is 7.90. The van der Waals surface area contributed by atoms with Crippen LogP contribution in [0.2, 0.25) is 0 Å². The summed E-state index contributed by atoms with van der Waals surface area (Å²) in [7, 11) is 2.02. The fourth-order valence-electron chi connectivity index (χ4n) is 1.85. The van der Waals surface area contributed by atoms with Crippen LogP contribution in [-0.4, -0.2) is 47.5 Å². The molecule has 3 heteroatoms. The molecule has 0 aliphatic carbocycles. The highest BCUT2D eigenvalue weighted by atomic mass is 16.3. The Morgan fingerprint density at radius 3 is 2.75 bits per heavy atom. The molecule has 3 atom stereocenters. The Kier molecular flexibility index (Phi) is 3.50. The minimum absolute atomic E-state index is 0.252. The number of rotatable bonds is 2. The number of hydrogen-bond donors (Lipinski definition) is 2. The van der Waals surface area contributed by atoms with Gasteiger partial charge in [0.1, 0.15) is 0 Å². The van der Waals surface area contributed by atoms with Crippen molar-refractivity contribution in [2.24, 2.45) is 5.92 Å². The van der Waals surface area contributed by atoms with Gasteiger partial charge in [-0.2, -0.15) is 0 Å². The standard InChI is InChI=1S/C9H19NO2/c1-7(11)5-8-3-4-10(2)6-9(8)12/h7-9,11-12H,3-6H2,1-2H3. The quantitative estimate of drug-likeness (QED) is 0.621. The van der Waals surface area contributed by atoms with E-state index in [2.05, 4.69) is 4.90 Å². The van der Waals surface area contributed by atoms with Crippen molar-refractivity contribution >= 4 is 0 Å². The third-order valence-corrected chi connectivity index (χ3v) is 2.57. The van der Waals surface area contributed by atoms with Crippen molar-refractivity contribution in [1.29, 1.82) is 0 Å². The van der Waals surface area contributed by atoms with Gasteiger partial charge in [-0.05, 0) is 39.3 Å². The van der Waals surface area contributed by atoms with Crippen molar-refractivity contribution in [3.05, 3.63) is 0 Å². The molecule has 1 aliphatic heterocycles. The van der Waals surface area contributed by atoms with Gasteiger partial charge in [0.05, 0.1) is 12.2 Å². The summed E-state index contributed by atoms with van der Waals surface area (Å²) in [5.74, 6) is 0.293. The molecule has 0 bridgehead atoms. The first-order valence-corrected chi connectivity index (χ1v) is 4.64. The summed E-state index contributed by atoms with van der Waals surface area (Å²) in [5.41, 5.74) is 0. The molecule has 1 fully saturated rings. The zero-order valence-corrected chi connectivity index (χ0v) is 7.90. The molecule has 3 nitrogen and oxygen atoms in total. The number of piperidine rings is 1. The Morgan fingerprint density at radius 1 is 1.58 bits per heavy atom. The number of β-amino-alcohol motifs (C(OH)–C–C–N with tert-alkyl or cyclic N) is 1. The molecule has 12 heavy (non-hydrogen) atoms. The van der Waals surface area contributed by atoms with E-state index in [1.807, 2.05) is 7.05 Å². The van der Waals surface area contributed by atoms with Crippen LogP contribution in [-0.2, 0) is 0 Å². The predicted octanol–water partition coefficient (Wildman–Crippen LogP) is 0.0699. The highest BCUT2D eigenvalue weighted by Crippen LogP contribution is 2.21. The highest BCUT2D eigenvalue weighted by molar-refractivity contribution is 4.79. The van der Waals surface area contributed by atoms with Gasteiger partial charge < -0.3 is 15.1 Å². The molecule has 3 unspecified atom stereocenters. The first-order valence-electron chi connectivity index (χ1n) is 4.64. The van der Waals surface area contributed by atoms with Crippen molar-refractivity contribution in [2.75, 3.05) is 20.1 Å². The third-order valence-electron chi connectivity index (χ3n) is 2.57. The van der Waals surface area contributed by atoms with Gasteiger partial charge in [-0.3, -0.25) is 0 Å². The molecule has 1 heterocycles. The smallest absolute Gasteiger partial charge is 0.0696 e. The van der Waals surface area contributed by atoms with Crippen LogP contribution < -0.4 is 0 Å². The second-order valence-electron chi connectivity index (χ2n) is 3.96. The van der Waals surface area contributed by atoms with Gasteiger partial charge in [0.2, 0.25) is 0 Å². The van der Waals surface area contributed by atoms with Crippen LogP contribution in [0.4, 0.5) is 0 Å². The molecule has 0 radical (unpaired) electrons. The van der Waals surface area contributed by atoms with Crippen molar-refractivity contribution in [3.8, 4) is 0 Å². The molecule has 0 aromatic heterocycles. The molecule has 1 saturated heterocycles. The average Bonchev–Trinajstić information content (AvgIpc) is 1.94. The predicted molar refractivity (Wildman–Crippen MR) is 47.9 cm³/mol. The van der Waals surface area contributed by atoms with Gasteiger partial charge in [-0.25, -0.2) is 0 Å². The van der Waals surface area contributed by atoms with E-state index in [0.29, 0.717) is 5.92 Å². The normalized spacial score (nSPS) is 35.0. The number of nitrogens with zero attached hydrogens (tertiary/aromatic N) is 1. The van der Waals surface area contributed by atoms with Gasteiger partial charge >= 0.3 is 0 Å². The van der Waals surface area contributed by atoms with E-state index in [0.717, 1.165) is 25.9 Å². The van der Waals surface area contributed by atoms with Crippen molar-refractivity contribution in [3.63, 3.8) is 0 Å². The van der Waals surface area contributed by atoms with Gasteiger partial charge in [-0.15, -0.1) is 0 Å². The van der Waals surface area contributed by atoms with E-state index in [9.17, 15) is 5.11 Å². The lowest BCUT2D eigenvalue weighted by Crippen LogP contribution is -2.42. The largest absolute Gasteiger partial charge is 0.393 e. The second kappa shape index (κ2) is 4.21. The SMILES string of the molecule is CC(O)CC1CCN(C)CC1O. The summed E-state index contributed by atoms with van der Waals surface area (Å²) < 4.78 is 0. The number of likely N-dealkylation sites (tertiary alicyclic amines) is 1. The minimum atomic E-state index is -0.284. The maximum Gasteiger partial charge on any atom is 0.0696 e. The molecule has 1 aliphatic rings. The van der Waals surface area contributed by atoms with Gasteiger partial charge in [-0.1, -0.05) is 0 Å². The number of aliphatic hydroxyl groups is 2. The molecule has 2 N–H and O–H groups in total. The van der Waals surface area contributed by atoms with Crippen LogP contribution in [0.5, 0.6) is 0 Å². The van der Waals surface area contributed by atoms with Gasteiger partial charge in [0.25, 0.3) is 0 Å². The van der Waals surface area contributed by atoms with Crippen LogP contribution in [0.25, 0.3) is 0 Å². The Hall–Kier alpha value is -0.120. The van der Waals surface area contributed by atoms with Crippen LogP contribution in [0.3, 0.4) is 0 Å². The molecule has 0 aromatic rings. The van der Waals surface area contributed by atoms with E-state index in [1.165, 1.54) is 0 Å². The number of aliphatic hydroxyl groups excluding tert-OH is 2. The highest BCUT2D eigenvalue weighted by Gasteiger charge is 2.26. The van der Waals surface area contributed by atoms with E-state index in [-0.39, 0.29) is 12.2 Å². The Bertz CT molecular complexity index is 138. The lowest BCUT2D eigenvalue weighted by Gasteiger charge is -2.34. The van der Waals surface area contributed by atoms with Crippen LogP contribution >= 0.6 is 0 Å². The van der Waals surface area contributed by atoms with E-state index in [4.69, 9.17) is 5.11 Å². The van der Waals surface area contributed by atoms with Gasteiger partial charge in [0.15, 0.2) is 0 Å². The van der Waals surface area contributed by atoms with E-state index < -0.39 is 0 Å².